The zero-order valence-electron chi connectivity index (χ0n) is 6.52. The molecule has 0 radical (unpaired) electrons. The maximum atomic E-state index is 10.4. The van der Waals surface area contributed by atoms with Crippen molar-refractivity contribution in [1.82, 2.24) is 0 Å². The second-order valence-corrected chi connectivity index (χ2v) is 2.64. The van der Waals surface area contributed by atoms with Crippen LogP contribution in [0.15, 0.2) is 23.2 Å². The third kappa shape index (κ3) is 1.10. The van der Waals surface area contributed by atoms with Gasteiger partial charge in [0.25, 0.3) is 5.69 Å². The van der Waals surface area contributed by atoms with Crippen molar-refractivity contribution in [3.05, 3.63) is 39.4 Å². The SMILES string of the molecule is N=C1N=Cc2ccc([N+](=O)[O-])cc21. The topological polar surface area (TPSA) is 79.3 Å². The summed E-state index contributed by atoms with van der Waals surface area (Å²) in [6, 6.07) is 4.37. The van der Waals surface area contributed by atoms with Gasteiger partial charge in [0.15, 0.2) is 5.84 Å². The Morgan fingerprint density at radius 1 is 1.46 bits per heavy atom. The molecule has 2 rings (SSSR count). The van der Waals surface area contributed by atoms with Crippen molar-refractivity contribution in [2.24, 2.45) is 4.99 Å². The second kappa shape index (κ2) is 2.48. The molecule has 1 aromatic carbocycles. The Balaban J connectivity index is 2.57. The van der Waals surface area contributed by atoms with Crippen LogP contribution in [0.25, 0.3) is 0 Å². The zero-order valence-corrected chi connectivity index (χ0v) is 6.52. The van der Waals surface area contributed by atoms with Crippen molar-refractivity contribution >= 4 is 17.7 Å². The van der Waals surface area contributed by atoms with E-state index in [1.165, 1.54) is 18.3 Å². The third-order valence-corrected chi connectivity index (χ3v) is 1.84. The molecule has 1 heterocycles. The molecule has 0 saturated carbocycles. The van der Waals surface area contributed by atoms with Crippen LogP contribution in [-0.2, 0) is 0 Å². The van der Waals surface area contributed by atoms with Gasteiger partial charge in [-0.25, -0.2) is 4.99 Å². The first-order valence-electron chi connectivity index (χ1n) is 3.60. The molecular formula is C8H5N3O2. The van der Waals surface area contributed by atoms with E-state index in [1.54, 1.807) is 6.07 Å². The molecule has 1 N–H and O–H groups in total. The number of hydrogen-bond donors (Lipinski definition) is 1. The van der Waals surface area contributed by atoms with Crippen LogP contribution < -0.4 is 0 Å². The van der Waals surface area contributed by atoms with E-state index in [0.717, 1.165) is 5.56 Å². The van der Waals surface area contributed by atoms with Gasteiger partial charge in [-0.2, -0.15) is 0 Å². The van der Waals surface area contributed by atoms with Gasteiger partial charge in [-0.05, 0) is 6.07 Å². The fourth-order valence-corrected chi connectivity index (χ4v) is 1.18. The van der Waals surface area contributed by atoms with Gasteiger partial charge in [-0.15, -0.1) is 0 Å². The van der Waals surface area contributed by atoms with Gasteiger partial charge in [-0.1, -0.05) is 0 Å². The average molecular weight is 175 g/mol. The maximum absolute atomic E-state index is 10.4. The summed E-state index contributed by atoms with van der Waals surface area (Å²) in [5.41, 5.74) is 1.28. The smallest absolute Gasteiger partial charge is 0.270 e. The Labute approximate surface area is 73.4 Å². The van der Waals surface area contributed by atoms with E-state index in [-0.39, 0.29) is 11.5 Å². The van der Waals surface area contributed by atoms with Gasteiger partial charge >= 0.3 is 0 Å². The Morgan fingerprint density at radius 3 is 2.92 bits per heavy atom. The summed E-state index contributed by atoms with van der Waals surface area (Å²) in [6.45, 7) is 0. The molecule has 0 fully saturated rings. The molecule has 0 atom stereocenters. The minimum Gasteiger partial charge on any atom is -0.282 e. The Hall–Kier alpha value is -2.04. The highest BCUT2D eigenvalue weighted by molar-refractivity contribution is 6.14. The van der Waals surface area contributed by atoms with Gasteiger partial charge in [0, 0.05) is 29.5 Å². The Morgan fingerprint density at radius 2 is 2.23 bits per heavy atom. The molecule has 64 valence electrons. The molecule has 5 heteroatoms. The van der Waals surface area contributed by atoms with Gasteiger partial charge in [0.2, 0.25) is 0 Å². The first-order chi connectivity index (χ1) is 6.18. The third-order valence-electron chi connectivity index (χ3n) is 1.84. The average Bonchev–Trinajstić information content (AvgIpc) is 2.47. The minimum absolute atomic E-state index is 0.00556. The monoisotopic (exact) mass is 175 g/mol. The first kappa shape index (κ1) is 7.60. The molecule has 0 saturated heterocycles. The normalized spacial score (nSPS) is 13.1. The molecule has 0 unspecified atom stereocenters. The predicted molar refractivity (Wildman–Crippen MR) is 47.5 cm³/mol. The lowest BCUT2D eigenvalue weighted by Gasteiger charge is -1.96. The van der Waals surface area contributed by atoms with Gasteiger partial charge in [-0.3, -0.25) is 15.5 Å². The summed E-state index contributed by atoms with van der Waals surface area (Å²) in [7, 11) is 0. The number of aliphatic imine (C=N–C) groups is 1. The number of hydrogen-bond acceptors (Lipinski definition) is 3. The molecule has 1 aliphatic rings. The van der Waals surface area contributed by atoms with Crippen LogP contribution in [0.2, 0.25) is 0 Å². The van der Waals surface area contributed by atoms with Crippen LogP contribution in [0.5, 0.6) is 0 Å². The summed E-state index contributed by atoms with van der Waals surface area (Å²) in [4.78, 5) is 13.7. The van der Waals surface area contributed by atoms with E-state index in [9.17, 15) is 10.1 Å². The summed E-state index contributed by atoms with van der Waals surface area (Å²) < 4.78 is 0. The number of benzene rings is 1. The predicted octanol–water partition coefficient (Wildman–Crippen LogP) is 1.35. The standard InChI is InChI=1S/C8H5N3O2/c9-8-7-3-6(11(12)13)2-1-5(7)4-10-8/h1-4,9H. The molecular weight excluding hydrogens is 170 g/mol. The number of nitro groups is 1. The molecule has 0 bridgehead atoms. The van der Waals surface area contributed by atoms with Crippen molar-refractivity contribution in [2.45, 2.75) is 0 Å². The van der Waals surface area contributed by atoms with Crippen LogP contribution in [-0.4, -0.2) is 17.0 Å². The minimum atomic E-state index is -0.480. The number of rotatable bonds is 1. The Bertz CT molecular complexity index is 437. The van der Waals surface area contributed by atoms with Crippen LogP contribution in [0.3, 0.4) is 0 Å². The number of fused-ring (bicyclic) bond motifs is 1. The van der Waals surface area contributed by atoms with E-state index in [4.69, 9.17) is 5.41 Å². The number of nitrogens with zero attached hydrogens (tertiary/aromatic N) is 2. The maximum Gasteiger partial charge on any atom is 0.270 e. The second-order valence-electron chi connectivity index (χ2n) is 2.64. The molecule has 5 nitrogen and oxygen atoms in total. The molecule has 0 spiro atoms. The van der Waals surface area contributed by atoms with Gasteiger partial charge < -0.3 is 0 Å². The lowest BCUT2D eigenvalue weighted by Crippen LogP contribution is -1.95. The molecule has 1 aromatic rings. The summed E-state index contributed by atoms with van der Waals surface area (Å²) in [5, 5.41) is 17.7. The van der Waals surface area contributed by atoms with E-state index in [0.29, 0.717) is 5.56 Å². The highest BCUT2D eigenvalue weighted by Crippen LogP contribution is 2.20. The number of amidine groups is 1. The molecule has 0 aliphatic carbocycles. The number of nitro benzene ring substituents is 1. The fraction of sp³-hybridized carbons (Fsp3) is 0. The first-order valence-corrected chi connectivity index (χ1v) is 3.60. The fourth-order valence-electron chi connectivity index (χ4n) is 1.18. The molecule has 0 aromatic heterocycles. The quantitative estimate of drug-likeness (QED) is 0.516. The lowest BCUT2D eigenvalue weighted by molar-refractivity contribution is -0.384. The van der Waals surface area contributed by atoms with Gasteiger partial charge in [0.05, 0.1) is 4.92 Å². The van der Waals surface area contributed by atoms with E-state index < -0.39 is 4.92 Å². The van der Waals surface area contributed by atoms with Crippen LogP contribution in [0.4, 0.5) is 5.69 Å². The van der Waals surface area contributed by atoms with Crippen molar-refractivity contribution in [1.29, 1.82) is 5.41 Å². The summed E-state index contributed by atoms with van der Waals surface area (Å²) >= 11 is 0. The van der Waals surface area contributed by atoms with Crippen LogP contribution in [0.1, 0.15) is 11.1 Å². The zero-order chi connectivity index (χ0) is 9.42. The number of nitrogens with one attached hydrogen (secondary N) is 1. The number of non-ortho nitro benzene ring substituents is 1. The van der Waals surface area contributed by atoms with E-state index in [1.807, 2.05) is 0 Å². The summed E-state index contributed by atoms with van der Waals surface area (Å²) in [6.07, 6.45) is 1.53. The van der Waals surface area contributed by atoms with Crippen molar-refractivity contribution < 1.29 is 4.92 Å². The largest absolute Gasteiger partial charge is 0.282 e. The van der Waals surface area contributed by atoms with Crippen molar-refractivity contribution in [3.8, 4) is 0 Å². The molecule has 13 heavy (non-hydrogen) atoms. The lowest BCUT2D eigenvalue weighted by atomic mass is 10.1. The van der Waals surface area contributed by atoms with Crippen LogP contribution >= 0.6 is 0 Å². The van der Waals surface area contributed by atoms with E-state index in [2.05, 4.69) is 4.99 Å². The molecule has 0 amide bonds. The van der Waals surface area contributed by atoms with Crippen LogP contribution in [0, 0.1) is 15.5 Å². The van der Waals surface area contributed by atoms with E-state index >= 15 is 0 Å². The molecule has 1 aliphatic heterocycles. The summed E-state index contributed by atoms with van der Waals surface area (Å²) in [5.74, 6) is 0.0821. The van der Waals surface area contributed by atoms with Crippen molar-refractivity contribution in [2.75, 3.05) is 0 Å². The Kier molecular flexibility index (Phi) is 1.45. The van der Waals surface area contributed by atoms with Crippen molar-refractivity contribution in [3.63, 3.8) is 0 Å². The highest BCUT2D eigenvalue weighted by atomic mass is 16.6. The highest BCUT2D eigenvalue weighted by Gasteiger charge is 2.16. The van der Waals surface area contributed by atoms with Gasteiger partial charge in [0.1, 0.15) is 0 Å².